The first-order valence-corrected chi connectivity index (χ1v) is 10.2. The van der Waals surface area contributed by atoms with Gasteiger partial charge in [-0.2, -0.15) is 4.98 Å². The van der Waals surface area contributed by atoms with E-state index in [-0.39, 0.29) is 11.9 Å². The van der Waals surface area contributed by atoms with Crippen LogP contribution in [0.3, 0.4) is 0 Å². The normalized spacial score (nSPS) is 17.4. The monoisotopic (exact) mass is 400 g/mol. The number of aromatic nitrogens is 2. The standard InChI is InChI=1S/C21H28N4O4/c1-14-11-17(27-2)5-6-18(14)22-21(26)25-9-7-16(8-10-25)20-23-19(29-24-20)13-28-12-15-3-4-15/h5-6,11,15-16H,3-4,7-10,12-13H2,1-2H3,(H,22,26). The second kappa shape index (κ2) is 8.82. The highest BCUT2D eigenvalue weighted by atomic mass is 16.5. The Hall–Kier alpha value is -2.61. The van der Waals surface area contributed by atoms with E-state index in [0.29, 0.717) is 25.6 Å². The Morgan fingerprint density at radius 1 is 1.28 bits per heavy atom. The lowest BCUT2D eigenvalue weighted by molar-refractivity contribution is 0.0894. The molecule has 8 nitrogen and oxygen atoms in total. The van der Waals surface area contributed by atoms with E-state index in [1.165, 1.54) is 12.8 Å². The molecule has 2 aliphatic rings. The summed E-state index contributed by atoms with van der Waals surface area (Å²) < 4.78 is 16.1. The van der Waals surface area contributed by atoms with Crippen molar-refractivity contribution >= 4 is 11.7 Å². The van der Waals surface area contributed by atoms with E-state index in [4.69, 9.17) is 14.0 Å². The minimum Gasteiger partial charge on any atom is -0.497 e. The van der Waals surface area contributed by atoms with E-state index in [9.17, 15) is 4.79 Å². The van der Waals surface area contributed by atoms with Crippen LogP contribution in [-0.2, 0) is 11.3 Å². The molecule has 1 saturated heterocycles. The molecule has 2 aromatic rings. The van der Waals surface area contributed by atoms with Gasteiger partial charge in [-0.1, -0.05) is 5.16 Å². The fraction of sp³-hybridized carbons (Fsp3) is 0.571. The number of benzene rings is 1. The number of carbonyl (C=O) groups is 1. The first-order valence-electron chi connectivity index (χ1n) is 10.2. The van der Waals surface area contributed by atoms with Crippen LogP contribution in [0.25, 0.3) is 0 Å². The molecule has 2 fully saturated rings. The summed E-state index contributed by atoms with van der Waals surface area (Å²) >= 11 is 0. The zero-order valence-corrected chi connectivity index (χ0v) is 17.0. The summed E-state index contributed by atoms with van der Waals surface area (Å²) in [5.41, 5.74) is 1.77. The maximum Gasteiger partial charge on any atom is 0.321 e. The van der Waals surface area contributed by atoms with Crippen molar-refractivity contribution in [1.29, 1.82) is 0 Å². The maximum absolute atomic E-state index is 12.6. The van der Waals surface area contributed by atoms with Crippen molar-refractivity contribution in [1.82, 2.24) is 15.0 Å². The third kappa shape index (κ3) is 5.06. The SMILES string of the molecule is COc1ccc(NC(=O)N2CCC(c3noc(COCC4CC4)n3)CC2)c(C)c1. The highest BCUT2D eigenvalue weighted by molar-refractivity contribution is 5.90. The second-order valence-electron chi connectivity index (χ2n) is 7.88. The molecule has 1 aromatic heterocycles. The molecule has 0 spiro atoms. The van der Waals surface area contributed by atoms with Crippen LogP contribution in [0.5, 0.6) is 5.75 Å². The van der Waals surface area contributed by atoms with Gasteiger partial charge in [0.05, 0.1) is 13.7 Å². The number of nitrogens with one attached hydrogen (secondary N) is 1. The van der Waals surface area contributed by atoms with Crippen LogP contribution in [0.1, 0.15) is 48.9 Å². The number of aryl methyl sites for hydroxylation is 1. The number of hydrogen-bond acceptors (Lipinski definition) is 6. The van der Waals surface area contributed by atoms with E-state index >= 15 is 0 Å². The Labute approximate surface area is 170 Å². The number of likely N-dealkylation sites (tertiary alicyclic amines) is 1. The van der Waals surface area contributed by atoms with Crippen LogP contribution >= 0.6 is 0 Å². The summed E-state index contributed by atoms with van der Waals surface area (Å²) in [5.74, 6) is 2.97. The summed E-state index contributed by atoms with van der Waals surface area (Å²) in [5, 5.41) is 7.11. The van der Waals surface area contributed by atoms with Gasteiger partial charge in [-0.25, -0.2) is 4.79 Å². The minimum absolute atomic E-state index is 0.0843. The second-order valence-corrected chi connectivity index (χ2v) is 7.88. The molecule has 29 heavy (non-hydrogen) atoms. The lowest BCUT2D eigenvalue weighted by Crippen LogP contribution is -2.40. The van der Waals surface area contributed by atoms with Gasteiger partial charge in [-0.15, -0.1) is 0 Å². The number of urea groups is 1. The molecule has 0 unspecified atom stereocenters. The van der Waals surface area contributed by atoms with E-state index in [0.717, 1.165) is 48.2 Å². The Morgan fingerprint density at radius 2 is 2.07 bits per heavy atom. The Morgan fingerprint density at radius 3 is 2.76 bits per heavy atom. The molecule has 156 valence electrons. The van der Waals surface area contributed by atoms with Crippen LogP contribution in [0.15, 0.2) is 22.7 Å². The topological polar surface area (TPSA) is 89.7 Å². The first-order chi connectivity index (χ1) is 14.1. The number of rotatable bonds is 7. The van der Waals surface area contributed by atoms with Crippen LogP contribution in [0, 0.1) is 12.8 Å². The third-order valence-electron chi connectivity index (χ3n) is 5.58. The minimum atomic E-state index is -0.0843. The highest BCUT2D eigenvalue weighted by Crippen LogP contribution is 2.30. The van der Waals surface area contributed by atoms with Crippen molar-refractivity contribution in [3.8, 4) is 5.75 Å². The largest absolute Gasteiger partial charge is 0.497 e. The molecule has 8 heteroatoms. The predicted octanol–water partition coefficient (Wildman–Crippen LogP) is 3.72. The van der Waals surface area contributed by atoms with Crippen molar-refractivity contribution in [3.05, 3.63) is 35.5 Å². The van der Waals surface area contributed by atoms with Crippen LogP contribution in [-0.4, -0.2) is 47.9 Å². The molecular weight excluding hydrogens is 372 g/mol. The molecule has 1 aliphatic carbocycles. The van der Waals surface area contributed by atoms with Crippen molar-refractivity contribution in [2.24, 2.45) is 5.92 Å². The van der Waals surface area contributed by atoms with E-state index in [2.05, 4.69) is 15.5 Å². The zero-order chi connectivity index (χ0) is 20.2. The number of hydrogen-bond donors (Lipinski definition) is 1. The van der Waals surface area contributed by atoms with Crippen LogP contribution < -0.4 is 10.1 Å². The van der Waals surface area contributed by atoms with E-state index < -0.39 is 0 Å². The van der Waals surface area contributed by atoms with Crippen molar-refractivity contribution in [3.63, 3.8) is 0 Å². The molecule has 0 bridgehead atoms. The van der Waals surface area contributed by atoms with Crippen LogP contribution in [0.2, 0.25) is 0 Å². The number of anilines is 1. The molecule has 1 aromatic carbocycles. The number of amides is 2. The fourth-order valence-electron chi connectivity index (χ4n) is 3.53. The molecule has 0 atom stereocenters. The summed E-state index contributed by atoms with van der Waals surface area (Å²) in [6.45, 7) is 4.43. The van der Waals surface area contributed by atoms with Crippen molar-refractivity contribution < 1.29 is 18.8 Å². The number of piperidine rings is 1. The van der Waals surface area contributed by atoms with Gasteiger partial charge in [0, 0.05) is 24.7 Å². The number of nitrogens with zero attached hydrogens (tertiary/aromatic N) is 3. The summed E-state index contributed by atoms with van der Waals surface area (Å²) in [6.07, 6.45) is 4.16. The molecule has 4 rings (SSSR count). The van der Waals surface area contributed by atoms with Gasteiger partial charge in [0.1, 0.15) is 12.4 Å². The van der Waals surface area contributed by atoms with Gasteiger partial charge < -0.3 is 24.2 Å². The number of methoxy groups -OCH3 is 1. The van der Waals surface area contributed by atoms with Gasteiger partial charge in [0.2, 0.25) is 0 Å². The Balaban J connectivity index is 1.25. The van der Waals surface area contributed by atoms with Crippen molar-refractivity contribution in [2.45, 2.75) is 45.1 Å². The Bertz CT molecular complexity index is 841. The van der Waals surface area contributed by atoms with Gasteiger partial charge in [-0.3, -0.25) is 0 Å². The van der Waals surface area contributed by atoms with Gasteiger partial charge in [-0.05, 0) is 62.3 Å². The number of carbonyl (C=O) groups excluding carboxylic acids is 1. The van der Waals surface area contributed by atoms with Crippen molar-refractivity contribution in [2.75, 3.05) is 32.1 Å². The molecule has 2 heterocycles. The predicted molar refractivity (Wildman–Crippen MR) is 107 cm³/mol. The van der Waals surface area contributed by atoms with Gasteiger partial charge in [0.15, 0.2) is 5.82 Å². The third-order valence-corrected chi connectivity index (χ3v) is 5.58. The maximum atomic E-state index is 12.6. The average Bonchev–Trinajstić information content (AvgIpc) is 3.44. The Kier molecular flexibility index (Phi) is 5.99. The van der Waals surface area contributed by atoms with Gasteiger partial charge >= 0.3 is 6.03 Å². The lowest BCUT2D eigenvalue weighted by Gasteiger charge is -2.30. The quantitative estimate of drug-likeness (QED) is 0.762. The van der Waals surface area contributed by atoms with Gasteiger partial charge in [0.25, 0.3) is 5.89 Å². The smallest absolute Gasteiger partial charge is 0.321 e. The molecule has 1 saturated carbocycles. The van der Waals surface area contributed by atoms with E-state index in [1.807, 2.05) is 30.0 Å². The summed E-state index contributed by atoms with van der Waals surface area (Å²) in [4.78, 5) is 18.9. The first kappa shape index (κ1) is 19.7. The molecule has 0 radical (unpaired) electrons. The number of ether oxygens (including phenoxy) is 2. The summed E-state index contributed by atoms with van der Waals surface area (Å²) in [7, 11) is 1.63. The molecule has 1 aliphatic heterocycles. The fourth-order valence-corrected chi connectivity index (χ4v) is 3.53. The summed E-state index contributed by atoms with van der Waals surface area (Å²) in [6, 6.07) is 5.53. The lowest BCUT2D eigenvalue weighted by atomic mass is 9.96. The molecule has 2 amide bonds. The molecule has 1 N–H and O–H groups in total. The average molecular weight is 400 g/mol. The van der Waals surface area contributed by atoms with E-state index in [1.54, 1.807) is 7.11 Å². The van der Waals surface area contributed by atoms with Crippen LogP contribution in [0.4, 0.5) is 10.5 Å². The highest BCUT2D eigenvalue weighted by Gasteiger charge is 2.27. The zero-order valence-electron chi connectivity index (χ0n) is 17.0. The molecular formula is C21H28N4O4.